The Balaban J connectivity index is 1.90. The van der Waals surface area contributed by atoms with Gasteiger partial charge in [0.1, 0.15) is 17.9 Å². The first-order valence-electron chi connectivity index (χ1n) is 6.16. The number of hydrogen-bond acceptors (Lipinski definition) is 4. The van der Waals surface area contributed by atoms with Crippen LogP contribution in [0.3, 0.4) is 0 Å². The van der Waals surface area contributed by atoms with Crippen molar-refractivity contribution >= 4 is 12.1 Å². The Morgan fingerprint density at radius 3 is 3.00 bits per heavy atom. The molecule has 4 nitrogen and oxygen atoms in total. The zero-order chi connectivity index (χ0) is 13.2. The van der Waals surface area contributed by atoms with E-state index in [1.165, 1.54) is 0 Å². The molecule has 0 saturated heterocycles. The summed E-state index contributed by atoms with van der Waals surface area (Å²) in [4.78, 5) is 17.4. The molecule has 1 aliphatic rings. The van der Waals surface area contributed by atoms with Gasteiger partial charge in [0, 0.05) is 16.8 Å². The summed E-state index contributed by atoms with van der Waals surface area (Å²) in [6.07, 6.45) is 0.851. The molecular weight excluding hydrogens is 240 g/mol. The zero-order valence-corrected chi connectivity index (χ0v) is 10.7. The molecule has 0 atom stereocenters. The van der Waals surface area contributed by atoms with Crippen molar-refractivity contribution in [2.24, 2.45) is 0 Å². The molecule has 2 aromatic rings. The van der Waals surface area contributed by atoms with Gasteiger partial charge in [0.25, 0.3) is 0 Å². The molecule has 0 unspecified atom stereocenters. The highest BCUT2D eigenvalue weighted by molar-refractivity contribution is 5.75. The monoisotopic (exact) mass is 254 g/mol. The quantitative estimate of drug-likeness (QED) is 0.772. The average molecular weight is 254 g/mol. The van der Waals surface area contributed by atoms with Crippen LogP contribution < -0.4 is 9.64 Å². The number of ether oxygens (including phenoxy) is 1. The van der Waals surface area contributed by atoms with Crippen molar-refractivity contribution in [3.05, 3.63) is 53.2 Å². The molecule has 1 aromatic heterocycles. The number of anilines is 1. The first-order chi connectivity index (χ1) is 9.26. The summed E-state index contributed by atoms with van der Waals surface area (Å²) >= 11 is 0. The van der Waals surface area contributed by atoms with Gasteiger partial charge in [-0.1, -0.05) is 6.07 Å². The third-order valence-electron chi connectivity index (χ3n) is 3.16. The standard InChI is InChI=1S/C15H14N2O2/c1-11-3-2-4-15(16-11)17-8-13-7-12(9-18)5-6-14(13)19-10-17/h2-7,9H,8,10H2,1H3. The van der Waals surface area contributed by atoms with Crippen LogP contribution in [0.25, 0.3) is 0 Å². The van der Waals surface area contributed by atoms with Crippen LogP contribution in [0.5, 0.6) is 5.75 Å². The van der Waals surface area contributed by atoms with Crippen molar-refractivity contribution in [1.29, 1.82) is 0 Å². The molecule has 3 rings (SSSR count). The van der Waals surface area contributed by atoms with Gasteiger partial charge in [-0.25, -0.2) is 4.98 Å². The van der Waals surface area contributed by atoms with E-state index in [9.17, 15) is 4.79 Å². The minimum Gasteiger partial charge on any atom is -0.473 e. The maximum atomic E-state index is 10.8. The van der Waals surface area contributed by atoms with Gasteiger partial charge < -0.3 is 9.64 Å². The maximum Gasteiger partial charge on any atom is 0.162 e. The summed E-state index contributed by atoms with van der Waals surface area (Å²) in [7, 11) is 0. The topological polar surface area (TPSA) is 42.4 Å². The van der Waals surface area contributed by atoms with Gasteiger partial charge in [0.15, 0.2) is 6.73 Å². The summed E-state index contributed by atoms with van der Waals surface area (Å²) < 4.78 is 5.70. The molecule has 0 bridgehead atoms. The van der Waals surface area contributed by atoms with E-state index in [4.69, 9.17) is 4.74 Å². The Morgan fingerprint density at radius 1 is 1.32 bits per heavy atom. The number of aryl methyl sites for hydroxylation is 1. The number of rotatable bonds is 2. The summed E-state index contributed by atoms with van der Waals surface area (Å²) in [5, 5.41) is 0. The van der Waals surface area contributed by atoms with E-state index in [0.29, 0.717) is 18.8 Å². The second-order valence-corrected chi connectivity index (χ2v) is 4.59. The Kier molecular flexibility index (Phi) is 2.91. The van der Waals surface area contributed by atoms with Crippen LogP contribution in [-0.4, -0.2) is 18.0 Å². The van der Waals surface area contributed by atoms with Crippen LogP contribution in [0, 0.1) is 6.92 Å². The fourth-order valence-electron chi connectivity index (χ4n) is 2.19. The molecular formula is C15H14N2O2. The first kappa shape index (κ1) is 11.7. The summed E-state index contributed by atoms with van der Waals surface area (Å²) in [5.74, 6) is 1.73. The van der Waals surface area contributed by atoms with E-state index in [1.807, 2.05) is 42.2 Å². The van der Waals surface area contributed by atoms with E-state index in [-0.39, 0.29) is 0 Å². The second-order valence-electron chi connectivity index (χ2n) is 4.59. The lowest BCUT2D eigenvalue weighted by Crippen LogP contribution is -2.32. The van der Waals surface area contributed by atoms with Crippen LogP contribution in [0.1, 0.15) is 21.6 Å². The Bertz CT molecular complexity index is 625. The van der Waals surface area contributed by atoms with E-state index in [2.05, 4.69) is 4.98 Å². The van der Waals surface area contributed by atoms with E-state index < -0.39 is 0 Å². The van der Waals surface area contributed by atoms with Crippen molar-refractivity contribution < 1.29 is 9.53 Å². The van der Waals surface area contributed by atoms with E-state index in [1.54, 1.807) is 6.07 Å². The maximum absolute atomic E-state index is 10.8. The van der Waals surface area contributed by atoms with Gasteiger partial charge in [0.2, 0.25) is 0 Å². The lowest BCUT2D eigenvalue weighted by molar-refractivity contribution is 0.112. The van der Waals surface area contributed by atoms with Gasteiger partial charge in [-0.2, -0.15) is 0 Å². The molecule has 19 heavy (non-hydrogen) atoms. The second kappa shape index (κ2) is 4.72. The number of pyridine rings is 1. The van der Waals surface area contributed by atoms with E-state index >= 15 is 0 Å². The molecule has 0 spiro atoms. The van der Waals surface area contributed by atoms with Crippen LogP contribution >= 0.6 is 0 Å². The van der Waals surface area contributed by atoms with Gasteiger partial charge >= 0.3 is 0 Å². The molecule has 0 N–H and O–H groups in total. The Labute approximate surface area is 111 Å². The highest BCUT2D eigenvalue weighted by Gasteiger charge is 2.18. The van der Waals surface area contributed by atoms with Crippen LogP contribution in [-0.2, 0) is 6.54 Å². The van der Waals surface area contributed by atoms with Crippen molar-refractivity contribution in [3.8, 4) is 5.75 Å². The number of fused-ring (bicyclic) bond motifs is 1. The fraction of sp³-hybridized carbons (Fsp3) is 0.200. The lowest BCUT2D eigenvalue weighted by Gasteiger charge is -2.30. The summed E-state index contributed by atoms with van der Waals surface area (Å²) in [6.45, 7) is 3.14. The van der Waals surface area contributed by atoms with Gasteiger partial charge in [-0.3, -0.25) is 4.79 Å². The van der Waals surface area contributed by atoms with Crippen molar-refractivity contribution in [2.75, 3.05) is 11.6 Å². The molecule has 1 aromatic carbocycles. The zero-order valence-electron chi connectivity index (χ0n) is 10.7. The molecule has 0 fully saturated rings. The molecule has 0 aliphatic carbocycles. The van der Waals surface area contributed by atoms with Gasteiger partial charge in [-0.05, 0) is 37.3 Å². The average Bonchev–Trinajstić information content (AvgIpc) is 2.46. The predicted octanol–water partition coefficient (Wildman–Crippen LogP) is 2.56. The predicted molar refractivity (Wildman–Crippen MR) is 72.5 cm³/mol. The highest BCUT2D eigenvalue weighted by Crippen LogP contribution is 2.28. The van der Waals surface area contributed by atoms with Crippen LogP contribution in [0.2, 0.25) is 0 Å². The molecule has 0 amide bonds. The number of nitrogens with zero attached hydrogens (tertiary/aromatic N) is 2. The van der Waals surface area contributed by atoms with Gasteiger partial charge in [0.05, 0.1) is 6.54 Å². The molecule has 2 heterocycles. The third kappa shape index (κ3) is 2.29. The minimum absolute atomic E-state index is 0.476. The van der Waals surface area contributed by atoms with Crippen LogP contribution in [0.15, 0.2) is 36.4 Å². The smallest absolute Gasteiger partial charge is 0.162 e. The lowest BCUT2D eigenvalue weighted by atomic mass is 10.1. The first-order valence-corrected chi connectivity index (χ1v) is 6.16. The number of carbonyl (C=O) groups excluding carboxylic acids is 1. The van der Waals surface area contributed by atoms with E-state index in [0.717, 1.165) is 29.1 Å². The molecule has 0 radical (unpaired) electrons. The summed E-state index contributed by atoms with van der Waals surface area (Å²) in [6, 6.07) is 11.4. The highest BCUT2D eigenvalue weighted by atomic mass is 16.5. The fourth-order valence-corrected chi connectivity index (χ4v) is 2.19. The molecule has 0 saturated carbocycles. The van der Waals surface area contributed by atoms with Crippen molar-refractivity contribution in [3.63, 3.8) is 0 Å². The Morgan fingerprint density at radius 2 is 2.21 bits per heavy atom. The molecule has 4 heteroatoms. The molecule has 96 valence electrons. The largest absolute Gasteiger partial charge is 0.473 e. The number of carbonyl (C=O) groups is 1. The minimum atomic E-state index is 0.476. The van der Waals surface area contributed by atoms with Gasteiger partial charge in [-0.15, -0.1) is 0 Å². The van der Waals surface area contributed by atoms with Crippen LogP contribution in [0.4, 0.5) is 5.82 Å². The number of aromatic nitrogens is 1. The number of aldehydes is 1. The Hall–Kier alpha value is -2.36. The van der Waals surface area contributed by atoms with Crippen molar-refractivity contribution in [1.82, 2.24) is 4.98 Å². The number of hydrogen-bond donors (Lipinski definition) is 0. The third-order valence-corrected chi connectivity index (χ3v) is 3.16. The normalized spacial score (nSPS) is 13.6. The number of benzene rings is 1. The molecule has 1 aliphatic heterocycles. The van der Waals surface area contributed by atoms with Crippen molar-refractivity contribution in [2.45, 2.75) is 13.5 Å². The summed E-state index contributed by atoms with van der Waals surface area (Å²) in [5.41, 5.74) is 2.66. The SMILES string of the molecule is Cc1cccc(N2COc3ccc(C=O)cc3C2)n1.